The summed E-state index contributed by atoms with van der Waals surface area (Å²) < 4.78 is 5.69. The van der Waals surface area contributed by atoms with E-state index >= 15 is 0 Å². The number of aliphatic hydroxyl groups is 1. The van der Waals surface area contributed by atoms with Gasteiger partial charge in [0, 0.05) is 20.0 Å². The van der Waals surface area contributed by atoms with E-state index in [1.54, 1.807) is 7.11 Å². The van der Waals surface area contributed by atoms with Gasteiger partial charge >= 0.3 is 5.97 Å². The zero-order valence-corrected chi connectivity index (χ0v) is 15.2. The Bertz CT molecular complexity index is 501. The average molecular weight is 358 g/mol. The van der Waals surface area contributed by atoms with Crippen molar-refractivity contribution in [3.05, 3.63) is 0 Å². The molecule has 0 unspecified atom stereocenters. The quantitative estimate of drug-likeness (QED) is 0.164. The van der Waals surface area contributed by atoms with Crippen molar-refractivity contribution >= 4 is 18.2 Å². The van der Waals surface area contributed by atoms with Crippen LogP contribution in [0.5, 0.6) is 0 Å². The highest BCUT2D eigenvalue weighted by Gasteiger charge is 2.54. The largest absolute Gasteiger partial charge is 0.481 e. The summed E-state index contributed by atoms with van der Waals surface area (Å²) in [5, 5.41) is 22.9. The fourth-order valence-electron chi connectivity index (χ4n) is 3.77. The lowest BCUT2D eigenvalue weighted by Crippen LogP contribution is -2.59. The second-order valence-electron chi connectivity index (χ2n) is 6.71. The molecule has 6 atom stereocenters. The molecule has 1 fully saturated rings. The molecule has 9 nitrogen and oxygen atoms in total. The number of aliphatic carboxylic acids is 1. The maximum Gasteiger partial charge on any atom is 0.309 e. The maximum absolute atomic E-state index is 11.8. The molecule has 1 aliphatic rings. The fraction of sp³-hybridized carbons (Fsp3) is 0.812. The molecule has 1 rings (SSSR count). The standard InChI is InChI=1S/C16H30N4O5/c1-5-6-16(3,25-4)14(20-9(2)21)12-11(18-8-19-17)7-10(13(12)22)15(23)24/h8,10-14,22H,5-7,17H2,1-4H3,(H,18,19)(H,20,21)(H,23,24)/t10-,11+,12-,13+,14+,16-/m0/s1. The zero-order chi connectivity index (χ0) is 19.2. The minimum absolute atomic E-state index is 0.154. The molecule has 0 bridgehead atoms. The van der Waals surface area contributed by atoms with Gasteiger partial charge in [-0.2, -0.15) is 0 Å². The molecular formula is C16H30N4O5. The van der Waals surface area contributed by atoms with E-state index in [1.165, 1.54) is 13.3 Å². The summed E-state index contributed by atoms with van der Waals surface area (Å²) in [6.45, 7) is 5.21. The first-order chi connectivity index (χ1) is 11.7. The van der Waals surface area contributed by atoms with Crippen LogP contribution < -0.4 is 16.6 Å². The summed E-state index contributed by atoms with van der Waals surface area (Å²) >= 11 is 0. The zero-order valence-electron chi connectivity index (χ0n) is 15.2. The molecular weight excluding hydrogens is 328 g/mol. The smallest absolute Gasteiger partial charge is 0.309 e. The van der Waals surface area contributed by atoms with Crippen molar-refractivity contribution in [3.8, 4) is 0 Å². The lowest BCUT2D eigenvalue weighted by Gasteiger charge is -2.42. The Kier molecular flexibility index (Phi) is 7.78. The minimum Gasteiger partial charge on any atom is -0.481 e. The molecule has 0 saturated heterocycles. The minimum atomic E-state index is -1.17. The molecule has 0 aromatic carbocycles. The molecule has 25 heavy (non-hydrogen) atoms. The highest BCUT2D eigenvalue weighted by molar-refractivity contribution is 5.74. The third-order valence-electron chi connectivity index (χ3n) is 5.02. The molecule has 0 aliphatic heterocycles. The van der Waals surface area contributed by atoms with Crippen LogP contribution in [-0.4, -0.2) is 59.3 Å². The van der Waals surface area contributed by atoms with Gasteiger partial charge in [-0.1, -0.05) is 13.3 Å². The van der Waals surface area contributed by atoms with Gasteiger partial charge in [-0.15, -0.1) is 0 Å². The van der Waals surface area contributed by atoms with Crippen molar-refractivity contribution in [1.82, 2.24) is 10.7 Å². The first kappa shape index (κ1) is 21.3. The van der Waals surface area contributed by atoms with Crippen molar-refractivity contribution in [2.24, 2.45) is 22.7 Å². The number of carbonyl (C=O) groups excluding carboxylic acids is 1. The molecule has 1 aliphatic carbocycles. The van der Waals surface area contributed by atoms with Gasteiger partial charge in [0.2, 0.25) is 5.91 Å². The lowest BCUT2D eigenvalue weighted by atomic mass is 9.78. The van der Waals surface area contributed by atoms with Crippen LogP contribution in [0, 0.1) is 11.8 Å². The number of methoxy groups -OCH3 is 1. The van der Waals surface area contributed by atoms with Gasteiger partial charge < -0.3 is 25.7 Å². The number of nitrogens with zero attached hydrogens (tertiary/aromatic N) is 1. The van der Waals surface area contributed by atoms with Crippen molar-refractivity contribution in [1.29, 1.82) is 0 Å². The topological polar surface area (TPSA) is 146 Å². The number of carboxylic acid groups (broad SMARTS) is 1. The van der Waals surface area contributed by atoms with Crippen molar-refractivity contribution in [2.75, 3.05) is 7.11 Å². The van der Waals surface area contributed by atoms with E-state index in [2.05, 4.69) is 15.7 Å². The Balaban J connectivity index is 3.32. The van der Waals surface area contributed by atoms with Gasteiger partial charge in [-0.25, -0.2) is 5.84 Å². The number of aliphatic hydroxyl groups excluding tert-OH is 1. The van der Waals surface area contributed by atoms with Crippen molar-refractivity contribution in [3.63, 3.8) is 0 Å². The number of carboxylic acids is 1. The van der Waals surface area contributed by atoms with Crippen LogP contribution in [-0.2, 0) is 14.3 Å². The second kappa shape index (κ2) is 9.12. The van der Waals surface area contributed by atoms with Gasteiger partial charge in [0.15, 0.2) is 0 Å². The first-order valence-electron chi connectivity index (χ1n) is 8.42. The summed E-state index contributed by atoms with van der Waals surface area (Å²) in [4.78, 5) is 27.5. The third-order valence-corrected chi connectivity index (χ3v) is 5.02. The van der Waals surface area contributed by atoms with Crippen LogP contribution in [0.2, 0.25) is 0 Å². The Morgan fingerprint density at radius 2 is 2.16 bits per heavy atom. The Morgan fingerprint density at radius 1 is 1.52 bits per heavy atom. The number of amides is 1. The summed E-state index contributed by atoms with van der Waals surface area (Å²) in [5.41, 5.74) is 1.52. The number of aliphatic imine (C=N–C) groups is 1. The van der Waals surface area contributed by atoms with E-state index in [1.807, 2.05) is 13.8 Å². The van der Waals surface area contributed by atoms with Gasteiger partial charge in [0.1, 0.15) is 0 Å². The predicted molar refractivity (Wildman–Crippen MR) is 92.8 cm³/mol. The Labute approximate surface area is 148 Å². The van der Waals surface area contributed by atoms with Crippen LogP contribution in [0.15, 0.2) is 4.99 Å². The van der Waals surface area contributed by atoms with E-state index < -0.39 is 41.6 Å². The van der Waals surface area contributed by atoms with Gasteiger partial charge in [-0.3, -0.25) is 14.6 Å². The van der Waals surface area contributed by atoms with Gasteiger partial charge in [-0.05, 0) is 19.8 Å². The number of ether oxygens (including phenoxy) is 1. The van der Waals surface area contributed by atoms with E-state index in [0.717, 1.165) is 6.42 Å². The number of carbonyl (C=O) groups is 2. The van der Waals surface area contributed by atoms with Gasteiger partial charge in [0.05, 0.1) is 36.0 Å². The Morgan fingerprint density at radius 3 is 2.60 bits per heavy atom. The number of nitrogens with one attached hydrogen (secondary N) is 2. The predicted octanol–water partition coefficient (Wildman–Crippen LogP) is -0.362. The molecule has 0 heterocycles. The SMILES string of the molecule is CCC[C@](C)(OC)[C@H](NC(C)=O)[C@@H]1[C@H](O)[C@@H](C(=O)O)C[C@H]1N=CNN. The van der Waals surface area contributed by atoms with E-state index in [4.69, 9.17) is 10.6 Å². The maximum atomic E-state index is 11.8. The molecule has 0 aromatic rings. The second-order valence-corrected chi connectivity index (χ2v) is 6.71. The van der Waals surface area contributed by atoms with Crippen molar-refractivity contribution < 1.29 is 24.5 Å². The van der Waals surface area contributed by atoms with Crippen molar-refractivity contribution in [2.45, 2.75) is 63.8 Å². The molecule has 6 N–H and O–H groups in total. The normalized spacial score (nSPS) is 30.0. The van der Waals surface area contributed by atoms with Crippen LogP contribution in [0.3, 0.4) is 0 Å². The summed E-state index contributed by atoms with van der Waals surface area (Å²) in [5.74, 6) is 2.26. The summed E-state index contributed by atoms with van der Waals surface area (Å²) in [6.07, 6.45) is 1.68. The molecule has 1 amide bonds. The van der Waals surface area contributed by atoms with E-state index in [9.17, 15) is 19.8 Å². The van der Waals surface area contributed by atoms with Crippen LogP contribution in [0.4, 0.5) is 0 Å². The number of hydrogen-bond donors (Lipinski definition) is 5. The number of hydrazine groups is 1. The van der Waals surface area contributed by atoms with Crippen LogP contribution in [0.25, 0.3) is 0 Å². The monoisotopic (exact) mass is 358 g/mol. The lowest BCUT2D eigenvalue weighted by molar-refractivity contribution is -0.146. The molecule has 9 heteroatoms. The molecule has 0 aromatic heterocycles. The average Bonchev–Trinajstić information content (AvgIpc) is 2.87. The number of hydrogen-bond acceptors (Lipinski definition) is 6. The van der Waals surface area contributed by atoms with Crippen LogP contribution >= 0.6 is 0 Å². The first-order valence-corrected chi connectivity index (χ1v) is 8.42. The molecule has 0 radical (unpaired) electrons. The molecule has 0 spiro atoms. The Hall–Kier alpha value is -1.71. The number of nitrogens with two attached hydrogens (primary N) is 1. The van der Waals surface area contributed by atoms with E-state index in [0.29, 0.717) is 6.42 Å². The highest BCUT2D eigenvalue weighted by Crippen LogP contribution is 2.41. The molecule has 144 valence electrons. The summed E-state index contributed by atoms with van der Waals surface area (Å²) in [6, 6.07) is -1.12. The highest BCUT2D eigenvalue weighted by atomic mass is 16.5. The number of rotatable bonds is 9. The van der Waals surface area contributed by atoms with E-state index in [-0.39, 0.29) is 12.3 Å². The van der Waals surface area contributed by atoms with Gasteiger partial charge in [0.25, 0.3) is 0 Å². The molecule has 1 saturated carbocycles. The van der Waals surface area contributed by atoms with Crippen LogP contribution in [0.1, 0.15) is 40.0 Å². The summed E-state index contributed by atoms with van der Waals surface area (Å²) in [7, 11) is 1.54. The third kappa shape index (κ3) is 4.90. The fourth-order valence-corrected chi connectivity index (χ4v) is 3.77.